The first-order valence-electron chi connectivity index (χ1n) is 7.63. The monoisotopic (exact) mass is 394 g/mol. The number of carbonyl (C=O) groups excluding carboxylic acids is 1. The van der Waals surface area contributed by atoms with Crippen molar-refractivity contribution in [2.45, 2.75) is 13.2 Å². The summed E-state index contributed by atoms with van der Waals surface area (Å²) in [5, 5.41) is 1.84. The molecule has 0 aliphatic rings. The minimum absolute atomic E-state index is 0.00769. The molecule has 130 valence electrons. The summed E-state index contributed by atoms with van der Waals surface area (Å²) in [5.41, 5.74) is 1.87. The van der Waals surface area contributed by atoms with Crippen LogP contribution in [0.5, 0.6) is 0 Å². The van der Waals surface area contributed by atoms with Crippen LogP contribution < -0.4 is 0 Å². The number of hydrogen-bond acceptors (Lipinski definition) is 4. The van der Waals surface area contributed by atoms with E-state index in [9.17, 15) is 4.79 Å². The molecular weight excluding hydrogens is 379 g/mol. The summed E-state index contributed by atoms with van der Waals surface area (Å²) in [4.78, 5) is 18.3. The molecule has 0 aliphatic carbocycles. The van der Waals surface area contributed by atoms with Crippen molar-refractivity contribution in [3.05, 3.63) is 63.1 Å². The average molecular weight is 395 g/mol. The highest BCUT2D eigenvalue weighted by molar-refractivity contribution is 7.18. The molecule has 0 N–H and O–H groups in total. The molecule has 0 saturated carbocycles. The molecule has 0 aliphatic heterocycles. The Morgan fingerprint density at radius 1 is 1.20 bits per heavy atom. The number of rotatable bonds is 6. The molecule has 7 heteroatoms. The second-order valence-corrected chi connectivity index (χ2v) is 7.50. The van der Waals surface area contributed by atoms with Gasteiger partial charge >= 0.3 is 0 Å². The van der Waals surface area contributed by atoms with Gasteiger partial charge in [0, 0.05) is 13.6 Å². The van der Waals surface area contributed by atoms with Gasteiger partial charge < -0.3 is 9.64 Å². The summed E-state index contributed by atoms with van der Waals surface area (Å²) in [7, 11) is 1.73. The highest BCUT2D eigenvalue weighted by Gasteiger charge is 2.11. The van der Waals surface area contributed by atoms with Crippen molar-refractivity contribution in [1.82, 2.24) is 9.88 Å². The molecule has 0 unspecified atom stereocenters. The summed E-state index contributed by atoms with van der Waals surface area (Å²) in [6.07, 6.45) is 0. The molecule has 2 aromatic carbocycles. The van der Waals surface area contributed by atoms with Gasteiger partial charge in [-0.1, -0.05) is 41.4 Å². The maximum Gasteiger partial charge on any atom is 0.248 e. The molecule has 0 radical (unpaired) electrons. The van der Waals surface area contributed by atoms with Gasteiger partial charge in [0.05, 0.1) is 26.9 Å². The molecule has 0 atom stereocenters. The first-order valence-corrected chi connectivity index (χ1v) is 9.20. The van der Waals surface area contributed by atoms with E-state index in [1.165, 1.54) is 0 Å². The number of thiazole rings is 1. The number of ether oxygens (including phenoxy) is 1. The van der Waals surface area contributed by atoms with Crippen LogP contribution in [0.3, 0.4) is 0 Å². The minimum Gasteiger partial charge on any atom is -0.364 e. The number of likely N-dealkylation sites (N-methyl/N-ethyl adjacent to an activating group) is 1. The zero-order valence-electron chi connectivity index (χ0n) is 13.5. The van der Waals surface area contributed by atoms with E-state index in [0.717, 1.165) is 20.8 Å². The van der Waals surface area contributed by atoms with Gasteiger partial charge in [0.2, 0.25) is 5.91 Å². The SMILES string of the molecule is CN(Cc1ccc(Cl)c(Cl)c1)C(=O)COCc1nc2ccccc2s1. The predicted molar refractivity (Wildman–Crippen MR) is 102 cm³/mol. The van der Waals surface area contributed by atoms with E-state index in [1.54, 1.807) is 35.4 Å². The lowest BCUT2D eigenvalue weighted by Gasteiger charge is -2.17. The Labute approximate surface area is 159 Å². The number of hydrogen-bond donors (Lipinski definition) is 0. The van der Waals surface area contributed by atoms with Crippen LogP contribution in [0.15, 0.2) is 42.5 Å². The zero-order valence-corrected chi connectivity index (χ0v) is 15.9. The van der Waals surface area contributed by atoms with E-state index in [0.29, 0.717) is 23.2 Å². The van der Waals surface area contributed by atoms with Crippen LogP contribution in [-0.2, 0) is 22.7 Å². The Kier molecular flexibility index (Phi) is 5.91. The maximum atomic E-state index is 12.2. The third-order valence-electron chi connectivity index (χ3n) is 3.62. The Bertz CT molecular complexity index is 865. The molecular formula is C18H16Cl2N2O2S. The number of nitrogens with zero attached hydrogens (tertiary/aromatic N) is 2. The predicted octanol–water partition coefficient (Wildman–Crippen LogP) is 4.78. The molecule has 1 aromatic heterocycles. The molecule has 1 heterocycles. The summed E-state index contributed by atoms with van der Waals surface area (Å²) < 4.78 is 6.64. The summed E-state index contributed by atoms with van der Waals surface area (Å²) in [5.74, 6) is -0.104. The summed E-state index contributed by atoms with van der Waals surface area (Å²) >= 11 is 13.5. The number of fused-ring (bicyclic) bond motifs is 1. The Balaban J connectivity index is 1.50. The van der Waals surface area contributed by atoms with Crippen molar-refractivity contribution in [3.8, 4) is 0 Å². The van der Waals surface area contributed by atoms with Gasteiger partial charge in [-0.25, -0.2) is 4.98 Å². The molecule has 3 rings (SSSR count). The van der Waals surface area contributed by atoms with Crippen LogP contribution in [0.2, 0.25) is 10.0 Å². The van der Waals surface area contributed by atoms with Crippen LogP contribution in [0, 0.1) is 0 Å². The minimum atomic E-state index is -0.104. The maximum absolute atomic E-state index is 12.2. The van der Waals surface area contributed by atoms with Crippen molar-refractivity contribution < 1.29 is 9.53 Å². The van der Waals surface area contributed by atoms with Crippen LogP contribution in [0.25, 0.3) is 10.2 Å². The van der Waals surface area contributed by atoms with Crippen molar-refractivity contribution in [2.24, 2.45) is 0 Å². The van der Waals surface area contributed by atoms with Gasteiger partial charge in [0.15, 0.2) is 0 Å². The van der Waals surface area contributed by atoms with Gasteiger partial charge in [0.1, 0.15) is 11.6 Å². The van der Waals surface area contributed by atoms with Gasteiger partial charge in [-0.05, 0) is 29.8 Å². The fraction of sp³-hybridized carbons (Fsp3) is 0.222. The highest BCUT2D eigenvalue weighted by atomic mass is 35.5. The molecule has 25 heavy (non-hydrogen) atoms. The van der Waals surface area contributed by atoms with Crippen LogP contribution in [-0.4, -0.2) is 29.4 Å². The lowest BCUT2D eigenvalue weighted by atomic mass is 10.2. The van der Waals surface area contributed by atoms with E-state index in [2.05, 4.69) is 4.98 Å². The standard InChI is InChI=1S/C18H16Cl2N2O2S/c1-22(9-12-6-7-13(19)14(20)8-12)18(23)11-24-10-17-21-15-4-2-3-5-16(15)25-17/h2-8H,9-11H2,1H3. The Morgan fingerprint density at radius 2 is 2.00 bits per heavy atom. The van der Waals surface area contributed by atoms with E-state index >= 15 is 0 Å². The second kappa shape index (κ2) is 8.15. The fourth-order valence-electron chi connectivity index (χ4n) is 2.32. The number of amides is 1. The number of halogens is 2. The third-order valence-corrected chi connectivity index (χ3v) is 5.37. The lowest BCUT2D eigenvalue weighted by molar-refractivity contribution is -0.135. The smallest absolute Gasteiger partial charge is 0.248 e. The number of aromatic nitrogens is 1. The van der Waals surface area contributed by atoms with E-state index in [-0.39, 0.29) is 12.5 Å². The van der Waals surface area contributed by atoms with Crippen LogP contribution in [0.1, 0.15) is 10.6 Å². The van der Waals surface area contributed by atoms with Crippen LogP contribution >= 0.6 is 34.5 Å². The van der Waals surface area contributed by atoms with Gasteiger partial charge in [-0.15, -0.1) is 11.3 Å². The molecule has 1 amide bonds. The average Bonchev–Trinajstić information content (AvgIpc) is 3.00. The molecule has 0 bridgehead atoms. The Hall–Kier alpha value is -1.66. The van der Waals surface area contributed by atoms with E-state index in [4.69, 9.17) is 27.9 Å². The van der Waals surface area contributed by atoms with Gasteiger partial charge in [-0.2, -0.15) is 0 Å². The third kappa shape index (κ3) is 4.70. The second-order valence-electron chi connectivity index (χ2n) is 5.57. The fourth-order valence-corrected chi connectivity index (χ4v) is 3.54. The normalized spacial score (nSPS) is 11.0. The van der Waals surface area contributed by atoms with Crippen molar-refractivity contribution in [3.63, 3.8) is 0 Å². The van der Waals surface area contributed by atoms with Crippen molar-refractivity contribution in [2.75, 3.05) is 13.7 Å². The molecule has 0 fully saturated rings. The topological polar surface area (TPSA) is 42.4 Å². The number of carbonyl (C=O) groups is 1. The molecule has 0 saturated heterocycles. The number of benzene rings is 2. The zero-order chi connectivity index (χ0) is 17.8. The highest BCUT2D eigenvalue weighted by Crippen LogP contribution is 2.23. The summed E-state index contributed by atoms with van der Waals surface area (Å²) in [6.45, 7) is 0.777. The molecule has 3 aromatic rings. The largest absolute Gasteiger partial charge is 0.364 e. The lowest BCUT2D eigenvalue weighted by Crippen LogP contribution is -2.29. The van der Waals surface area contributed by atoms with E-state index < -0.39 is 0 Å². The van der Waals surface area contributed by atoms with Gasteiger partial charge in [-0.3, -0.25) is 4.79 Å². The van der Waals surface area contributed by atoms with Crippen molar-refractivity contribution >= 4 is 50.7 Å². The number of para-hydroxylation sites is 1. The first kappa shape index (κ1) is 18.1. The summed E-state index contributed by atoms with van der Waals surface area (Å²) in [6, 6.07) is 13.2. The first-order chi connectivity index (χ1) is 12.0. The van der Waals surface area contributed by atoms with Crippen molar-refractivity contribution in [1.29, 1.82) is 0 Å². The quantitative estimate of drug-likeness (QED) is 0.603. The molecule has 0 spiro atoms. The Morgan fingerprint density at radius 3 is 2.76 bits per heavy atom. The molecule has 4 nitrogen and oxygen atoms in total. The van der Waals surface area contributed by atoms with E-state index in [1.807, 2.05) is 30.3 Å². The van der Waals surface area contributed by atoms with Gasteiger partial charge in [0.25, 0.3) is 0 Å². The van der Waals surface area contributed by atoms with Crippen LogP contribution in [0.4, 0.5) is 0 Å².